The lowest BCUT2D eigenvalue weighted by Gasteiger charge is -2.11. The Hall–Kier alpha value is -2.68. The Kier molecular flexibility index (Phi) is 3.79. The van der Waals surface area contributed by atoms with Crippen LogP contribution in [-0.2, 0) is 0 Å². The van der Waals surface area contributed by atoms with Gasteiger partial charge in [-0.25, -0.2) is 4.98 Å². The maximum absolute atomic E-state index is 4.58. The predicted molar refractivity (Wildman–Crippen MR) is 104 cm³/mol. The van der Waals surface area contributed by atoms with Gasteiger partial charge in [0.15, 0.2) is 0 Å². The standard InChI is InChI=1S/C22H23N3/c1-14(2)18-7-9-23-20-6-5-16(11-19(18)20)17-8-10-25-21(15(3)4)13-24-22(25)12-17/h5-15H,1-4H3. The summed E-state index contributed by atoms with van der Waals surface area (Å²) in [5.74, 6) is 0.935. The van der Waals surface area contributed by atoms with Crippen molar-refractivity contribution in [2.45, 2.75) is 39.5 Å². The monoisotopic (exact) mass is 329 g/mol. The number of hydrogen-bond donors (Lipinski definition) is 0. The number of benzene rings is 1. The van der Waals surface area contributed by atoms with Crippen LogP contribution in [-0.4, -0.2) is 14.4 Å². The molecule has 3 heterocycles. The fourth-order valence-electron chi connectivity index (χ4n) is 3.46. The zero-order valence-corrected chi connectivity index (χ0v) is 15.2. The zero-order chi connectivity index (χ0) is 17.6. The minimum absolute atomic E-state index is 0.459. The summed E-state index contributed by atoms with van der Waals surface area (Å²) >= 11 is 0. The fourth-order valence-corrected chi connectivity index (χ4v) is 3.46. The van der Waals surface area contributed by atoms with E-state index in [0.29, 0.717) is 11.8 Å². The Morgan fingerprint density at radius 1 is 0.840 bits per heavy atom. The molecule has 0 bridgehead atoms. The Balaban J connectivity index is 1.86. The summed E-state index contributed by atoms with van der Waals surface area (Å²) in [5.41, 5.74) is 7.03. The van der Waals surface area contributed by atoms with Gasteiger partial charge < -0.3 is 4.40 Å². The van der Waals surface area contributed by atoms with Crippen molar-refractivity contribution >= 4 is 16.6 Å². The van der Waals surface area contributed by atoms with Crippen LogP contribution in [0.15, 0.2) is 55.0 Å². The van der Waals surface area contributed by atoms with Gasteiger partial charge in [0.05, 0.1) is 5.52 Å². The predicted octanol–water partition coefficient (Wildman–Crippen LogP) is 5.80. The molecule has 3 nitrogen and oxygen atoms in total. The van der Waals surface area contributed by atoms with Crippen molar-refractivity contribution in [3.8, 4) is 11.1 Å². The van der Waals surface area contributed by atoms with Gasteiger partial charge in [-0.1, -0.05) is 33.8 Å². The number of pyridine rings is 2. The van der Waals surface area contributed by atoms with Crippen molar-refractivity contribution in [3.63, 3.8) is 0 Å². The largest absolute Gasteiger partial charge is 0.304 e. The number of aromatic nitrogens is 3. The van der Waals surface area contributed by atoms with Crippen molar-refractivity contribution in [2.75, 3.05) is 0 Å². The molecule has 0 fully saturated rings. The lowest BCUT2D eigenvalue weighted by atomic mass is 9.96. The molecule has 0 saturated carbocycles. The summed E-state index contributed by atoms with van der Waals surface area (Å²) in [6.07, 6.45) is 6.01. The molecule has 0 radical (unpaired) electrons. The third-order valence-electron chi connectivity index (χ3n) is 4.86. The van der Waals surface area contributed by atoms with Gasteiger partial charge in [0.2, 0.25) is 0 Å². The van der Waals surface area contributed by atoms with Crippen LogP contribution in [0.5, 0.6) is 0 Å². The fraction of sp³-hybridized carbons (Fsp3) is 0.273. The first-order valence-electron chi connectivity index (χ1n) is 8.90. The van der Waals surface area contributed by atoms with Gasteiger partial charge in [-0.2, -0.15) is 0 Å². The van der Waals surface area contributed by atoms with Crippen molar-refractivity contribution in [2.24, 2.45) is 0 Å². The topological polar surface area (TPSA) is 30.2 Å². The van der Waals surface area contributed by atoms with E-state index >= 15 is 0 Å². The van der Waals surface area contributed by atoms with Gasteiger partial charge >= 0.3 is 0 Å². The lowest BCUT2D eigenvalue weighted by molar-refractivity contribution is 0.809. The summed E-state index contributed by atoms with van der Waals surface area (Å²) in [7, 11) is 0. The highest BCUT2D eigenvalue weighted by Crippen LogP contribution is 2.30. The van der Waals surface area contributed by atoms with Gasteiger partial charge in [-0.05, 0) is 58.9 Å². The molecule has 1 aromatic carbocycles. The number of hydrogen-bond acceptors (Lipinski definition) is 2. The molecular weight excluding hydrogens is 306 g/mol. The van der Waals surface area contributed by atoms with Gasteiger partial charge in [-0.3, -0.25) is 4.98 Å². The molecule has 3 heteroatoms. The summed E-state index contributed by atoms with van der Waals surface area (Å²) in [5, 5.41) is 1.24. The summed E-state index contributed by atoms with van der Waals surface area (Å²) in [6.45, 7) is 8.85. The first kappa shape index (κ1) is 15.8. The van der Waals surface area contributed by atoms with Crippen LogP contribution in [0.4, 0.5) is 0 Å². The number of fused-ring (bicyclic) bond motifs is 2. The molecule has 126 valence electrons. The zero-order valence-electron chi connectivity index (χ0n) is 15.2. The normalized spacial score (nSPS) is 11.9. The van der Waals surface area contributed by atoms with Crippen LogP contribution < -0.4 is 0 Å². The van der Waals surface area contributed by atoms with Crippen LogP contribution in [0.1, 0.15) is 50.8 Å². The van der Waals surface area contributed by atoms with Crippen molar-refractivity contribution in [1.29, 1.82) is 0 Å². The van der Waals surface area contributed by atoms with Crippen LogP contribution >= 0.6 is 0 Å². The van der Waals surface area contributed by atoms with E-state index < -0.39 is 0 Å². The summed E-state index contributed by atoms with van der Waals surface area (Å²) in [6, 6.07) is 13.0. The Morgan fingerprint density at radius 2 is 1.64 bits per heavy atom. The molecule has 0 amide bonds. The SMILES string of the molecule is CC(C)c1ccnc2ccc(-c3ccn4c(C(C)C)cnc4c3)cc12. The highest BCUT2D eigenvalue weighted by molar-refractivity contribution is 5.87. The van der Waals surface area contributed by atoms with Gasteiger partial charge in [-0.15, -0.1) is 0 Å². The molecule has 4 aromatic rings. The third-order valence-corrected chi connectivity index (χ3v) is 4.86. The molecule has 0 aliphatic heterocycles. The van der Waals surface area contributed by atoms with Gasteiger partial charge in [0.1, 0.15) is 5.65 Å². The van der Waals surface area contributed by atoms with Gasteiger partial charge in [0, 0.05) is 29.7 Å². The lowest BCUT2D eigenvalue weighted by Crippen LogP contribution is -1.95. The van der Waals surface area contributed by atoms with Crippen LogP contribution in [0.25, 0.3) is 27.7 Å². The van der Waals surface area contributed by atoms with E-state index in [4.69, 9.17) is 0 Å². The Morgan fingerprint density at radius 3 is 2.40 bits per heavy atom. The maximum atomic E-state index is 4.58. The number of rotatable bonds is 3. The minimum atomic E-state index is 0.459. The second kappa shape index (κ2) is 5.99. The molecule has 0 unspecified atom stereocenters. The highest BCUT2D eigenvalue weighted by atomic mass is 15.0. The van der Waals surface area contributed by atoms with Crippen molar-refractivity contribution < 1.29 is 0 Å². The second-order valence-electron chi connectivity index (χ2n) is 7.27. The van der Waals surface area contributed by atoms with E-state index in [0.717, 1.165) is 11.2 Å². The highest BCUT2D eigenvalue weighted by Gasteiger charge is 2.10. The van der Waals surface area contributed by atoms with Crippen molar-refractivity contribution in [3.05, 3.63) is 66.2 Å². The van der Waals surface area contributed by atoms with Gasteiger partial charge in [0.25, 0.3) is 0 Å². The molecule has 0 spiro atoms. The second-order valence-corrected chi connectivity index (χ2v) is 7.27. The molecule has 0 aliphatic carbocycles. The molecule has 0 aliphatic rings. The van der Waals surface area contributed by atoms with Crippen LogP contribution in [0, 0.1) is 0 Å². The molecule has 0 saturated heterocycles. The third kappa shape index (κ3) is 2.70. The van der Waals surface area contributed by atoms with E-state index in [1.807, 2.05) is 12.4 Å². The van der Waals surface area contributed by atoms with Crippen molar-refractivity contribution in [1.82, 2.24) is 14.4 Å². The van der Waals surface area contributed by atoms with E-state index in [2.05, 4.69) is 84.7 Å². The van der Waals surface area contributed by atoms with Crippen LogP contribution in [0.3, 0.4) is 0 Å². The first-order chi connectivity index (χ1) is 12.0. The average molecular weight is 329 g/mol. The van der Waals surface area contributed by atoms with E-state index in [1.54, 1.807) is 0 Å². The molecule has 0 N–H and O–H groups in total. The minimum Gasteiger partial charge on any atom is -0.304 e. The average Bonchev–Trinajstić information content (AvgIpc) is 3.04. The quantitative estimate of drug-likeness (QED) is 0.476. The van der Waals surface area contributed by atoms with E-state index in [-0.39, 0.29) is 0 Å². The van der Waals surface area contributed by atoms with Crippen LogP contribution in [0.2, 0.25) is 0 Å². The Bertz CT molecular complexity index is 1060. The molecule has 3 aromatic heterocycles. The van der Waals surface area contributed by atoms with E-state index in [9.17, 15) is 0 Å². The Labute approximate surface area is 148 Å². The molecule has 4 rings (SSSR count). The maximum Gasteiger partial charge on any atom is 0.137 e. The number of nitrogens with zero attached hydrogens (tertiary/aromatic N) is 3. The number of imidazole rings is 1. The smallest absolute Gasteiger partial charge is 0.137 e. The first-order valence-corrected chi connectivity index (χ1v) is 8.90. The molecule has 0 atom stereocenters. The van der Waals surface area contributed by atoms with E-state index in [1.165, 1.54) is 27.8 Å². The summed E-state index contributed by atoms with van der Waals surface area (Å²) < 4.78 is 2.18. The molecule has 25 heavy (non-hydrogen) atoms. The molecular formula is C22H23N3. The summed E-state index contributed by atoms with van der Waals surface area (Å²) in [4.78, 5) is 9.10.